The van der Waals surface area contributed by atoms with Gasteiger partial charge in [-0.3, -0.25) is 4.99 Å². The highest BCUT2D eigenvalue weighted by Crippen LogP contribution is 2.18. The van der Waals surface area contributed by atoms with Crippen LogP contribution >= 0.6 is 0 Å². The summed E-state index contributed by atoms with van der Waals surface area (Å²) in [6.45, 7) is 7.64. The van der Waals surface area contributed by atoms with E-state index in [9.17, 15) is 0 Å². The molecule has 0 amide bonds. The molecule has 0 radical (unpaired) electrons. The highest BCUT2D eigenvalue weighted by atomic mass is 16.5. The smallest absolute Gasteiger partial charge is 0.191 e. The fraction of sp³-hybridized carbons (Fsp3) is 0.571. The summed E-state index contributed by atoms with van der Waals surface area (Å²) >= 11 is 0. The zero-order valence-corrected chi connectivity index (χ0v) is 17.2. The number of pyridine rings is 1. The van der Waals surface area contributed by atoms with Crippen molar-refractivity contribution in [3.05, 3.63) is 41.4 Å². The van der Waals surface area contributed by atoms with Gasteiger partial charge in [-0.25, -0.2) is 4.98 Å². The van der Waals surface area contributed by atoms with Gasteiger partial charge in [-0.05, 0) is 36.5 Å². The van der Waals surface area contributed by atoms with Crippen molar-refractivity contribution in [2.45, 2.75) is 58.5 Å². The number of aromatic nitrogens is 2. The Morgan fingerprint density at radius 2 is 1.89 bits per heavy atom. The van der Waals surface area contributed by atoms with Crippen LogP contribution in [-0.4, -0.2) is 36.2 Å². The second-order valence-electron chi connectivity index (χ2n) is 7.58. The lowest BCUT2D eigenvalue weighted by Crippen LogP contribution is -2.36. The summed E-state index contributed by atoms with van der Waals surface area (Å²) in [7, 11) is 1.77. The number of rotatable bonds is 6. The van der Waals surface area contributed by atoms with E-state index in [1.165, 1.54) is 31.2 Å². The molecule has 28 heavy (non-hydrogen) atoms. The molecule has 0 atom stereocenters. The van der Waals surface area contributed by atoms with Gasteiger partial charge in [-0.1, -0.05) is 31.8 Å². The summed E-state index contributed by atoms with van der Waals surface area (Å²) in [6.07, 6.45) is 7.05. The van der Waals surface area contributed by atoms with E-state index in [1.54, 1.807) is 7.05 Å². The van der Waals surface area contributed by atoms with E-state index in [0.717, 1.165) is 36.3 Å². The van der Waals surface area contributed by atoms with E-state index in [0.29, 0.717) is 19.0 Å². The predicted octanol–water partition coefficient (Wildman–Crippen LogP) is 3.44. The van der Waals surface area contributed by atoms with E-state index in [2.05, 4.69) is 50.6 Å². The van der Waals surface area contributed by atoms with Crippen LogP contribution in [0.4, 0.5) is 5.82 Å². The summed E-state index contributed by atoms with van der Waals surface area (Å²) in [5.41, 5.74) is 2.16. The summed E-state index contributed by atoms with van der Waals surface area (Å²) < 4.78 is 5.37. The van der Waals surface area contributed by atoms with Crippen molar-refractivity contribution in [1.29, 1.82) is 0 Å². The van der Waals surface area contributed by atoms with Crippen molar-refractivity contribution in [1.82, 2.24) is 20.8 Å². The molecule has 1 aliphatic rings. The summed E-state index contributed by atoms with van der Waals surface area (Å²) in [4.78, 5) is 11.3. The molecule has 1 saturated heterocycles. The van der Waals surface area contributed by atoms with E-state index in [1.807, 2.05) is 18.3 Å². The average Bonchev–Trinajstić information content (AvgIpc) is 3.02. The van der Waals surface area contributed by atoms with Gasteiger partial charge in [0.05, 0.1) is 12.2 Å². The molecule has 0 aromatic carbocycles. The monoisotopic (exact) mass is 384 g/mol. The highest BCUT2D eigenvalue weighted by molar-refractivity contribution is 5.79. The molecule has 0 spiro atoms. The molecule has 1 fully saturated rings. The zero-order valence-electron chi connectivity index (χ0n) is 17.2. The maximum absolute atomic E-state index is 5.37. The fourth-order valence-electron chi connectivity index (χ4n) is 3.30. The Hall–Kier alpha value is -2.57. The van der Waals surface area contributed by atoms with Gasteiger partial charge in [-0.15, -0.1) is 0 Å². The van der Waals surface area contributed by atoms with Gasteiger partial charge in [-0.2, -0.15) is 0 Å². The van der Waals surface area contributed by atoms with Crippen molar-refractivity contribution in [2.24, 2.45) is 4.99 Å². The van der Waals surface area contributed by atoms with Crippen LogP contribution < -0.4 is 15.5 Å². The zero-order chi connectivity index (χ0) is 19.8. The quantitative estimate of drug-likeness (QED) is 0.587. The van der Waals surface area contributed by atoms with E-state index in [-0.39, 0.29) is 0 Å². The average molecular weight is 385 g/mol. The molecule has 3 heterocycles. The summed E-state index contributed by atoms with van der Waals surface area (Å²) in [5, 5.41) is 10.7. The van der Waals surface area contributed by atoms with Gasteiger partial charge >= 0.3 is 0 Å². The molecule has 7 heteroatoms. The first-order chi connectivity index (χ1) is 13.7. The Bertz CT molecular complexity index is 762. The Labute approximate surface area is 167 Å². The lowest BCUT2D eigenvalue weighted by atomic mass is 10.1. The van der Waals surface area contributed by atoms with Crippen molar-refractivity contribution in [2.75, 3.05) is 25.0 Å². The lowest BCUT2D eigenvalue weighted by molar-refractivity contribution is 0.372. The third kappa shape index (κ3) is 5.71. The predicted molar refractivity (Wildman–Crippen MR) is 113 cm³/mol. The third-order valence-electron chi connectivity index (χ3n) is 5.02. The van der Waals surface area contributed by atoms with Crippen LogP contribution in [0.15, 0.2) is 33.9 Å². The minimum Gasteiger partial charge on any atom is -0.359 e. The van der Waals surface area contributed by atoms with Crippen molar-refractivity contribution >= 4 is 11.8 Å². The summed E-state index contributed by atoms with van der Waals surface area (Å²) in [5.74, 6) is 2.97. The first-order valence-electron chi connectivity index (χ1n) is 10.3. The number of nitrogens with zero attached hydrogens (tertiary/aromatic N) is 4. The molecule has 0 aliphatic carbocycles. The number of anilines is 1. The molecule has 0 bridgehead atoms. The minimum atomic E-state index is 0.361. The van der Waals surface area contributed by atoms with E-state index >= 15 is 0 Å². The SMILES string of the molecule is CN=C(NCc1ccnc(N2CCCCCC2)c1)NCc1cc(C(C)C)no1. The van der Waals surface area contributed by atoms with Gasteiger partial charge in [0.1, 0.15) is 5.82 Å². The molecule has 2 aromatic rings. The van der Waals surface area contributed by atoms with Crippen LogP contribution in [0.5, 0.6) is 0 Å². The molecule has 7 nitrogen and oxygen atoms in total. The maximum atomic E-state index is 5.37. The molecule has 2 N–H and O–H groups in total. The molecule has 0 saturated carbocycles. The van der Waals surface area contributed by atoms with Gasteiger partial charge in [0.15, 0.2) is 11.7 Å². The first kappa shape index (κ1) is 20.2. The van der Waals surface area contributed by atoms with Gasteiger partial charge < -0.3 is 20.1 Å². The molecular weight excluding hydrogens is 352 g/mol. The van der Waals surface area contributed by atoms with Gasteiger partial charge in [0, 0.05) is 38.9 Å². The van der Waals surface area contributed by atoms with E-state index in [4.69, 9.17) is 4.52 Å². The molecule has 2 aromatic heterocycles. The number of nitrogens with one attached hydrogen (secondary N) is 2. The highest BCUT2D eigenvalue weighted by Gasteiger charge is 2.12. The lowest BCUT2D eigenvalue weighted by Gasteiger charge is -2.22. The third-order valence-corrected chi connectivity index (χ3v) is 5.02. The molecule has 0 unspecified atom stereocenters. The Morgan fingerprint density at radius 3 is 2.57 bits per heavy atom. The number of guanidine groups is 1. The van der Waals surface area contributed by atoms with Crippen molar-refractivity contribution in [3.63, 3.8) is 0 Å². The molecule has 152 valence electrons. The Morgan fingerprint density at radius 1 is 1.14 bits per heavy atom. The summed E-state index contributed by atoms with van der Waals surface area (Å²) in [6, 6.07) is 6.21. The molecule has 3 rings (SSSR count). The van der Waals surface area contributed by atoms with E-state index < -0.39 is 0 Å². The minimum absolute atomic E-state index is 0.361. The number of hydrogen-bond acceptors (Lipinski definition) is 5. The van der Waals surface area contributed by atoms with Gasteiger partial charge in [0.25, 0.3) is 0 Å². The van der Waals surface area contributed by atoms with Crippen LogP contribution in [-0.2, 0) is 13.1 Å². The van der Waals surface area contributed by atoms with Crippen LogP contribution in [0.2, 0.25) is 0 Å². The molecule has 1 aliphatic heterocycles. The van der Waals surface area contributed by atoms with Crippen LogP contribution in [0.1, 0.15) is 62.5 Å². The second kappa shape index (κ2) is 10.1. The van der Waals surface area contributed by atoms with Crippen LogP contribution in [0.25, 0.3) is 0 Å². The normalized spacial score (nSPS) is 15.6. The Kier molecular flexibility index (Phi) is 7.28. The van der Waals surface area contributed by atoms with Crippen molar-refractivity contribution < 1.29 is 4.52 Å². The first-order valence-corrected chi connectivity index (χ1v) is 10.3. The maximum Gasteiger partial charge on any atom is 0.191 e. The fourth-order valence-corrected chi connectivity index (χ4v) is 3.30. The topological polar surface area (TPSA) is 78.6 Å². The number of hydrogen-bond donors (Lipinski definition) is 2. The Balaban J connectivity index is 1.52. The second-order valence-corrected chi connectivity index (χ2v) is 7.58. The number of aliphatic imine (C=N–C) groups is 1. The largest absolute Gasteiger partial charge is 0.359 e. The van der Waals surface area contributed by atoms with Crippen molar-refractivity contribution in [3.8, 4) is 0 Å². The van der Waals surface area contributed by atoms with Gasteiger partial charge in [0.2, 0.25) is 0 Å². The van der Waals surface area contributed by atoms with Crippen LogP contribution in [0.3, 0.4) is 0 Å². The standard InChI is InChI=1S/C21H32N6O/c1-16(2)19-13-18(28-26-19)15-25-21(22-3)24-14-17-8-9-23-20(12-17)27-10-6-4-5-7-11-27/h8-9,12-13,16H,4-7,10-11,14-15H2,1-3H3,(H2,22,24,25). The van der Waals surface area contributed by atoms with Crippen LogP contribution in [0, 0.1) is 0 Å². The molecular formula is C21H32N6O.